The van der Waals surface area contributed by atoms with Crippen molar-refractivity contribution in [2.45, 2.75) is 38.1 Å². The van der Waals surface area contributed by atoms with Gasteiger partial charge in [0.15, 0.2) is 11.5 Å². The maximum atomic E-state index is 12.5. The van der Waals surface area contributed by atoms with Gasteiger partial charge in [0.2, 0.25) is 22.7 Å². The summed E-state index contributed by atoms with van der Waals surface area (Å²) in [5.74, 6) is 1.34. The summed E-state index contributed by atoms with van der Waals surface area (Å²) in [4.78, 5) is 12.4. The zero-order chi connectivity index (χ0) is 20.9. The summed E-state index contributed by atoms with van der Waals surface area (Å²) >= 11 is 0. The minimum atomic E-state index is -3.46. The summed E-state index contributed by atoms with van der Waals surface area (Å²) in [6, 6.07) is 12.3. The summed E-state index contributed by atoms with van der Waals surface area (Å²) in [5, 5.41) is 2.89. The van der Waals surface area contributed by atoms with E-state index in [4.69, 9.17) is 9.47 Å². The van der Waals surface area contributed by atoms with E-state index in [1.54, 1.807) is 24.3 Å². The van der Waals surface area contributed by atoms with Gasteiger partial charge in [0, 0.05) is 26.1 Å². The second-order valence-corrected chi connectivity index (χ2v) is 8.64. The first kappa shape index (κ1) is 21.1. The molecular weight excluding hydrogens is 392 g/mol. The van der Waals surface area contributed by atoms with Crippen LogP contribution < -0.4 is 14.8 Å². The number of hydrogen-bond donors (Lipinski definition) is 1. The Morgan fingerprint density at radius 3 is 2.34 bits per heavy atom. The number of amides is 1. The zero-order valence-corrected chi connectivity index (χ0v) is 17.5. The molecule has 2 aromatic rings. The van der Waals surface area contributed by atoms with Gasteiger partial charge in [-0.15, -0.1) is 0 Å². The van der Waals surface area contributed by atoms with Crippen LogP contribution in [0.4, 0.5) is 0 Å². The Bertz CT molecular complexity index is 954. The Labute approximate surface area is 171 Å². The highest BCUT2D eigenvalue weighted by Crippen LogP contribution is 2.32. The van der Waals surface area contributed by atoms with Crippen molar-refractivity contribution in [3.05, 3.63) is 53.6 Å². The number of carbonyl (C=O) groups excluding carboxylic acids is 1. The maximum absolute atomic E-state index is 12.5. The smallest absolute Gasteiger partial charge is 0.243 e. The van der Waals surface area contributed by atoms with Crippen molar-refractivity contribution in [1.82, 2.24) is 9.62 Å². The van der Waals surface area contributed by atoms with Gasteiger partial charge in [-0.2, -0.15) is 4.31 Å². The van der Waals surface area contributed by atoms with Crippen molar-refractivity contribution in [3.63, 3.8) is 0 Å². The molecule has 0 fully saturated rings. The van der Waals surface area contributed by atoms with Gasteiger partial charge in [0.05, 0.1) is 4.90 Å². The molecule has 0 aromatic heterocycles. The number of nitrogens with zero attached hydrogens (tertiary/aromatic N) is 1. The molecule has 3 rings (SSSR count). The molecule has 0 spiro atoms. The molecule has 0 unspecified atom stereocenters. The molecule has 8 heteroatoms. The molecule has 1 heterocycles. The first-order chi connectivity index (χ1) is 13.9. The summed E-state index contributed by atoms with van der Waals surface area (Å²) < 4.78 is 37.0. The van der Waals surface area contributed by atoms with Crippen LogP contribution in [0.3, 0.4) is 0 Å². The van der Waals surface area contributed by atoms with Crippen LogP contribution in [0.15, 0.2) is 47.4 Å². The fourth-order valence-electron chi connectivity index (χ4n) is 3.14. The number of nitrogens with one attached hydrogen (secondary N) is 1. The third-order valence-corrected chi connectivity index (χ3v) is 6.90. The van der Waals surface area contributed by atoms with Crippen LogP contribution in [0.1, 0.15) is 31.4 Å². The first-order valence-corrected chi connectivity index (χ1v) is 11.1. The minimum absolute atomic E-state index is 0.0671. The number of sulfonamides is 1. The maximum Gasteiger partial charge on any atom is 0.243 e. The third kappa shape index (κ3) is 5.07. The predicted octanol–water partition coefficient (Wildman–Crippen LogP) is 2.69. The molecule has 0 radical (unpaired) electrons. The molecule has 0 atom stereocenters. The standard InChI is InChI=1S/C21H26N2O5S/c1-3-23(4-2)29(25,26)18-9-5-16(6-10-18)8-12-21(24)22-14-17-7-11-19-20(13-17)28-15-27-19/h5-7,9-11,13H,3-4,8,12,14-15H2,1-2H3,(H,22,24). The van der Waals surface area contributed by atoms with Crippen LogP contribution in [-0.2, 0) is 27.8 Å². The SMILES string of the molecule is CCN(CC)S(=O)(=O)c1ccc(CCC(=O)NCc2ccc3c(c2)OCO3)cc1. The molecule has 7 nitrogen and oxygen atoms in total. The van der Waals surface area contributed by atoms with E-state index in [-0.39, 0.29) is 17.6 Å². The normalized spacial score (nSPS) is 12.9. The third-order valence-electron chi connectivity index (χ3n) is 4.83. The second-order valence-electron chi connectivity index (χ2n) is 6.70. The highest BCUT2D eigenvalue weighted by Gasteiger charge is 2.21. The summed E-state index contributed by atoms with van der Waals surface area (Å²) in [7, 11) is -3.46. The van der Waals surface area contributed by atoms with E-state index in [1.807, 2.05) is 32.0 Å². The number of fused-ring (bicyclic) bond motifs is 1. The molecule has 1 aliphatic heterocycles. The van der Waals surface area contributed by atoms with Gasteiger partial charge in [-0.25, -0.2) is 8.42 Å². The highest BCUT2D eigenvalue weighted by molar-refractivity contribution is 7.89. The van der Waals surface area contributed by atoms with Crippen molar-refractivity contribution in [1.29, 1.82) is 0 Å². The summed E-state index contributed by atoms with van der Waals surface area (Å²) in [6.45, 7) is 5.14. The summed E-state index contributed by atoms with van der Waals surface area (Å²) in [5.41, 5.74) is 1.86. The highest BCUT2D eigenvalue weighted by atomic mass is 32.2. The zero-order valence-electron chi connectivity index (χ0n) is 16.7. The molecule has 1 aliphatic rings. The fourth-order valence-corrected chi connectivity index (χ4v) is 4.60. The van der Waals surface area contributed by atoms with E-state index in [1.165, 1.54) is 4.31 Å². The van der Waals surface area contributed by atoms with Crippen LogP contribution in [-0.4, -0.2) is 38.5 Å². The number of carbonyl (C=O) groups is 1. The van der Waals surface area contributed by atoms with Crippen molar-refractivity contribution in [2.75, 3.05) is 19.9 Å². The predicted molar refractivity (Wildman–Crippen MR) is 109 cm³/mol. The van der Waals surface area contributed by atoms with Gasteiger partial charge in [-0.3, -0.25) is 4.79 Å². The second kappa shape index (κ2) is 9.28. The van der Waals surface area contributed by atoms with E-state index < -0.39 is 10.0 Å². The van der Waals surface area contributed by atoms with E-state index in [2.05, 4.69) is 5.32 Å². The van der Waals surface area contributed by atoms with Crippen LogP contribution >= 0.6 is 0 Å². The molecule has 1 amide bonds. The number of ether oxygens (including phenoxy) is 2. The molecule has 0 bridgehead atoms. The monoisotopic (exact) mass is 418 g/mol. The Kier molecular flexibility index (Phi) is 6.76. The van der Waals surface area contributed by atoms with Crippen molar-refractivity contribution >= 4 is 15.9 Å². The lowest BCUT2D eigenvalue weighted by Gasteiger charge is -2.18. The average Bonchev–Trinajstić information content (AvgIpc) is 3.19. The van der Waals surface area contributed by atoms with E-state index in [0.29, 0.717) is 44.0 Å². The van der Waals surface area contributed by atoms with Gasteiger partial charge >= 0.3 is 0 Å². The lowest BCUT2D eigenvalue weighted by molar-refractivity contribution is -0.121. The van der Waals surface area contributed by atoms with Crippen molar-refractivity contribution in [3.8, 4) is 11.5 Å². The Hall–Kier alpha value is -2.58. The minimum Gasteiger partial charge on any atom is -0.454 e. The molecule has 2 aromatic carbocycles. The Balaban J connectivity index is 1.50. The largest absolute Gasteiger partial charge is 0.454 e. The van der Waals surface area contributed by atoms with Crippen LogP contribution in [0.5, 0.6) is 11.5 Å². The molecule has 1 N–H and O–H groups in total. The first-order valence-electron chi connectivity index (χ1n) is 9.68. The molecule has 29 heavy (non-hydrogen) atoms. The quantitative estimate of drug-likeness (QED) is 0.677. The lowest BCUT2D eigenvalue weighted by atomic mass is 10.1. The number of hydrogen-bond acceptors (Lipinski definition) is 5. The Morgan fingerprint density at radius 1 is 1.00 bits per heavy atom. The molecular formula is C21H26N2O5S. The van der Waals surface area contributed by atoms with Crippen LogP contribution in [0.25, 0.3) is 0 Å². The van der Waals surface area contributed by atoms with Crippen LogP contribution in [0.2, 0.25) is 0 Å². The van der Waals surface area contributed by atoms with Gasteiger partial charge < -0.3 is 14.8 Å². The number of rotatable bonds is 9. The lowest BCUT2D eigenvalue weighted by Crippen LogP contribution is -2.30. The number of aryl methyl sites for hydroxylation is 1. The molecule has 0 aliphatic carbocycles. The molecule has 0 saturated carbocycles. The molecule has 156 valence electrons. The summed E-state index contributed by atoms with van der Waals surface area (Å²) in [6.07, 6.45) is 0.866. The fraction of sp³-hybridized carbons (Fsp3) is 0.381. The van der Waals surface area contributed by atoms with Gasteiger partial charge in [0.25, 0.3) is 0 Å². The van der Waals surface area contributed by atoms with Crippen molar-refractivity contribution in [2.24, 2.45) is 0 Å². The Morgan fingerprint density at radius 2 is 1.66 bits per heavy atom. The van der Waals surface area contributed by atoms with Crippen molar-refractivity contribution < 1.29 is 22.7 Å². The van der Waals surface area contributed by atoms with Crippen LogP contribution in [0, 0.1) is 0 Å². The van der Waals surface area contributed by atoms with Gasteiger partial charge in [-0.05, 0) is 41.8 Å². The molecule has 0 saturated heterocycles. The van der Waals surface area contributed by atoms with E-state index in [9.17, 15) is 13.2 Å². The van der Waals surface area contributed by atoms with E-state index in [0.717, 1.165) is 11.1 Å². The van der Waals surface area contributed by atoms with Gasteiger partial charge in [0.1, 0.15) is 0 Å². The number of benzene rings is 2. The van der Waals surface area contributed by atoms with E-state index >= 15 is 0 Å². The van der Waals surface area contributed by atoms with Gasteiger partial charge in [-0.1, -0.05) is 32.0 Å². The topological polar surface area (TPSA) is 84.9 Å². The average molecular weight is 419 g/mol.